The summed E-state index contributed by atoms with van der Waals surface area (Å²) in [7, 11) is -1.01. The molecule has 0 saturated carbocycles. The summed E-state index contributed by atoms with van der Waals surface area (Å²) >= 11 is 0. The fourth-order valence-electron chi connectivity index (χ4n) is 16.2. The van der Waals surface area contributed by atoms with Crippen molar-refractivity contribution in [3.63, 3.8) is 0 Å². The van der Waals surface area contributed by atoms with E-state index in [2.05, 4.69) is 200 Å². The second kappa shape index (κ2) is 14.0. The molecular weight excluding hydrogens is 960 g/mol. The van der Waals surface area contributed by atoms with Crippen LogP contribution in [0, 0.1) is 0 Å². The lowest BCUT2D eigenvalue weighted by Gasteiger charge is -2.23. The van der Waals surface area contributed by atoms with Crippen molar-refractivity contribution in [3.05, 3.63) is 217 Å². The van der Waals surface area contributed by atoms with E-state index in [1.807, 2.05) is 0 Å². The van der Waals surface area contributed by atoms with E-state index < -0.39 is 7.32 Å². The van der Waals surface area contributed by atoms with Crippen molar-refractivity contribution >= 4 is 201 Å². The van der Waals surface area contributed by atoms with Gasteiger partial charge in [0.2, 0.25) is 0 Å². The first-order valence-corrected chi connectivity index (χ1v) is 27.8. The molecule has 0 aliphatic heterocycles. The number of hydrogen-bond donors (Lipinski definition) is 0. The maximum absolute atomic E-state index is 7.17. The highest BCUT2D eigenvalue weighted by atomic mass is 16.7. The van der Waals surface area contributed by atoms with Crippen LogP contribution in [0.1, 0.15) is 16.7 Å². The third-order valence-corrected chi connectivity index (χ3v) is 19.4. The van der Waals surface area contributed by atoms with E-state index in [1.165, 1.54) is 194 Å². The maximum atomic E-state index is 7.17. The van der Waals surface area contributed by atoms with Crippen LogP contribution in [0.4, 0.5) is 0 Å². The Kier molecular flexibility index (Phi) is 7.23. The topological polar surface area (TPSA) is 27.7 Å². The summed E-state index contributed by atoms with van der Waals surface area (Å²) < 4.78 is 21.5. The first-order chi connectivity index (χ1) is 39.1. The van der Waals surface area contributed by atoms with Crippen LogP contribution in [0.25, 0.3) is 194 Å². The SMILES string of the molecule is c1cc2ccc3ccc4c(COB(OCc5cc6ccc7ccc8ccc9ccc%10ccc5c5c%10c9c8c7c65)OCc5cc6ccc7ccc8ccc9ccc%10ccc5c5c%10c9c8c7c65)cc5ccc6ccc1c1c2c3c4c5c61. The van der Waals surface area contributed by atoms with E-state index in [0.29, 0.717) is 19.8 Å². The molecule has 0 aromatic heterocycles. The van der Waals surface area contributed by atoms with Crippen LogP contribution in [-0.2, 0) is 33.8 Å². The molecule has 0 radical (unpaired) electrons. The minimum Gasteiger partial charge on any atom is -0.382 e. The smallest absolute Gasteiger partial charge is 0.382 e. The summed E-state index contributed by atoms with van der Waals surface area (Å²) in [6.07, 6.45) is 0. The van der Waals surface area contributed by atoms with Crippen molar-refractivity contribution in [3.8, 4) is 0 Å². The second-order valence-corrected chi connectivity index (χ2v) is 23.1. The Bertz CT molecular complexity index is 5350. The predicted octanol–water partition coefficient (Wildman–Crippen LogP) is 20.3. The molecule has 21 aromatic carbocycles. The van der Waals surface area contributed by atoms with Gasteiger partial charge >= 0.3 is 7.32 Å². The highest BCUT2D eigenvalue weighted by Gasteiger charge is 2.29. The molecule has 360 valence electrons. The van der Waals surface area contributed by atoms with E-state index in [-0.39, 0.29) is 0 Å². The fourth-order valence-corrected chi connectivity index (χ4v) is 16.2. The van der Waals surface area contributed by atoms with Gasteiger partial charge in [-0.05, 0) is 229 Å². The molecule has 0 atom stereocenters. The normalized spacial score (nSPS) is 13.4. The van der Waals surface area contributed by atoms with Gasteiger partial charge in [-0.1, -0.05) is 182 Å². The van der Waals surface area contributed by atoms with Crippen LogP contribution in [0.3, 0.4) is 0 Å². The molecule has 0 saturated heterocycles. The van der Waals surface area contributed by atoms with E-state index in [9.17, 15) is 0 Å². The molecular formula is C75H39BO3. The molecule has 0 spiro atoms. The highest BCUT2D eigenvalue weighted by Crippen LogP contribution is 2.53. The summed E-state index contributed by atoms with van der Waals surface area (Å²) in [5, 5.41) is 46.7. The molecule has 0 fully saturated rings. The molecule has 0 aliphatic rings. The van der Waals surface area contributed by atoms with Gasteiger partial charge < -0.3 is 14.0 Å². The van der Waals surface area contributed by atoms with E-state index in [0.717, 1.165) is 16.7 Å². The maximum Gasteiger partial charge on any atom is 0.640 e. The van der Waals surface area contributed by atoms with Gasteiger partial charge in [-0.2, -0.15) is 0 Å². The summed E-state index contributed by atoms with van der Waals surface area (Å²) in [6, 6.07) is 76.0. The van der Waals surface area contributed by atoms with Gasteiger partial charge in [0, 0.05) is 0 Å². The number of benzene rings is 21. The lowest BCUT2D eigenvalue weighted by atomic mass is 9.82. The van der Waals surface area contributed by atoms with Gasteiger partial charge in [0.25, 0.3) is 0 Å². The Morgan fingerprint density at radius 3 is 0.532 bits per heavy atom. The van der Waals surface area contributed by atoms with Gasteiger partial charge in [-0.3, -0.25) is 0 Å². The van der Waals surface area contributed by atoms with Gasteiger partial charge in [0.1, 0.15) is 0 Å². The molecule has 0 N–H and O–H groups in total. The van der Waals surface area contributed by atoms with Crippen LogP contribution in [0.5, 0.6) is 0 Å². The molecule has 0 aliphatic carbocycles. The Hall–Kier alpha value is -9.42. The average molecular weight is 999 g/mol. The van der Waals surface area contributed by atoms with E-state index >= 15 is 0 Å². The van der Waals surface area contributed by atoms with Crippen LogP contribution in [-0.4, -0.2) is 7.32 Å². The summed E-state index contributed by atoms with van der Waals surface area (Å²) in [5.74, 6) is 0. The largest absolute Gasteiger partial charge is 0.640 e. The molecule has 21 aromatic rings. The van der Waals surface area contributed by atoms with Gasteiger partial charge in [0.15, 0.2) is 0 Å². The van der Waals surface area contributed by atoms with Crippen LogP contribution in [0.2, 0.25) is 0 Å². The van der Waals surface area contributed by atoms with Crippen LogP contribution < -0.4 is 0 Å². The van der Waals surface area contributed by atoms with Crippen molar-refractivity contribution in [1.82, 2.24) is 0 Å². The zero-order chi connectivity index (χ0) is 50.7. The fraction of sp³-hybridized carbons (Fsp3) is 0.0400. The molecule has 0 unspecified atom stereocenters. The Labute approximate surface area is 449 Å². The predicted molar refractivity (Wildman–Crippen MR) is 335 cm³/mol. The lowest BCUT2D eigenvalue weighted by Crippen LogP contribution is -2.27. The van der Waals surface area contributed by atoms with Crippen LogP contribution >= 0.6 is 0 Å². The monoisotopic (exact) mass is 998 g/mol. The van der Waals surface area contributed by atoms with Gasteiger partial charge in [0.05, 0.1) is 19.8 Å². The van der Waals surface area contributed by atoms with Crippen molar-refractivity contribution < 1.29 is 14.0 Å². The number of hydrogen-bond acceptors (Lipinski definition) is 3. The van der Waals surface area contributed by atoms with Crippen molar-refractivity contribution in [2.45, 2.75) is 19.8 Å². The zero-order valence-corrected chi connectivity index (χ0v) is 42.5. The van der Waals surface area contributed by atoms with Crippen LogP contribution in [0.15, 0.2) is 200 Å². The quantitative estimate of drug-likeness (QED) is 0.0819. The minimum absolute atomic E-state index is 0.294. The Balaban J connectivity index is 0.736. The Morgan fingerprint density at radius 1 is 0.177 bits per heavy atom. The van der Waals surface area contributed by atoms with Gasteiger partial charge in [-0.25, -0.2) is 0 Å². The molecule has 4 heteroatoms. The highest BCUT2D eigenvalue weighted by molar-refractivity contribution is 6.48. The minimum atomic E-state index is -1.01. The third kappa shape index (κ3) is 4.92. The summed E-state index contributed by atoms with van der Waals surface area (Å²) in [6.45, 7) is 0.882. The number of rotatable bonds is 9. The van der Waals surface area contributed by atoms with E-state index in [4.69, 9.17) is 14.0 Å². The summed E-state index contributed by atoms with van der Waals surface area (Å²) in [4.78, 5) is 0. The van der Waals surface area contributed by atoms with Crippen molar-refractivity contribution in [2.75, 3.05) is 0 Å². The zero-order valence-electron chi connectivity index (χ0n) is 42.5. The molecule has 0 amide bonds. The van der Waals surface area contributed by atoms with Crippen molar-refractivity contribution in [2.24, 2.45) is 0 Å². The standard InChI is InChI=1S/C75H39BO3/c1-7-40-13-16-46-25-28-55-52(31-49-22-19-43-10-4-37(1)58-61(40)67(46)73(55)70(49)64(43)58)34-77-76(78-35-53-32-50-23-20-44-11-5-38-2-8-41-14-17-47-26-29-56(53)74-68(47)62(41)59(38)65(44)71(50)74)79-36-54-33-51-24-21-45-12-6-39-3-9-42-15-18-48-27-30-57(54)75-69(48)63(42)60(39)66(45)72(51)75/h1-33H,34-36H2. The average Bonchev–Trinajstić information content (AvgIpc) is 3.66. The lowest BCUT2D eigenvalue weighted by molar-refractivity contribution is 0.0776. The first kappa shape index (κ1) is 40.8. The molecule has 0 bridgehead atoms. The molecule has 3 nitrogen and oxygen atoms in total. The molecule has 21 rings (SSSR count). The third-order valence-electron chi connectivity index (χ3n) is 19.4. The first-order valence-electron chi connectivity index (χ1n) is 27.8. The Morgan fingerprint density at radius 2 is 0.329 bits per heavy atom. The second-order valence-electron chi connectivity index (χ2n) is 23.1. The summed E-state index contributed by atoms with van der Waals surface area (Å²) in [5.41, 5.74) is 3.34. The molecule has 0 heterocycles. The van der Waals surface area contributed by atoms with E-state index in [1.54, 1.807) is 0 Å². The van der Waals surface area contributed by atoms with Crippen molar-refractivity contribution in [1.29, 1.82) is 0 Å². The molecule has 79 heavy (non-hydrogen) atoms. The van der Waals surface area contributed by atoms with Gasteiger partial charge in [-0.15, -0.1) is 0 Å².